The lowest BCUT2D eigenvalue weighted by Crippen LogP contribution is -2.23. The highest BCUT2D eigenvalue weighted by Gasteiger charge is 2.20. The minimum atomic E-state index is 0.287. The van der Waals surface area contributed by atoms with Gasteiger partial charge in [-0.05, 0) is 18.2 Å². The second-order valence-electron chi connectivity index (χ2n) is 4.26. The van der Waals surface area contributed by atoms with E-state index in [0.717, 1.165) is 41.8 Å². The summed E-state index contributed by atoms with van der Waals surface area (Å²) in [7, 11) is 0. The van der Waals surface area contributed by atoms with Crippen molar-refractivity contribution >= 4 is 0 Å². The largest absolute Gasteiger partial charge is 0.454 e. The van der Waals surface area contributed by atoms with Gasteiger partial charge in [0.2, 0.25) is 6.79 Å². The van der Waals surface area contributed by atoms with Crippen molar-refractivity contribution in [2.24, 2.45) is 0 Å². The van der Waals surface area contributed by atoms with Gasteiger partial charge in [-0.1, -0.05) is 0 Å². The second kappa shape index (κ2) is 3.71. The first kappa shape index (κ1) is 9.90. The Hall–Kier alpha value is -2.08. The zero-order valence-electron chi connectivity index (χ0n) is 9.67. The van der Waals surface area contributed by atoms with Crippen molar-refractivity contribution < 1.29 is 9.47 Å². The van der Waals surface area contributed by atoms with Crippen LogP contribution in [-0.4, -0.2) is 28.1 Å². The van der Waals surface area contributed by atoms with Crippen molar-refractivity contribution in [1.29, 1.82) is 0 Å². The molecule has 1 aromatic carbocycles. The fourth-order valence-corrected chi connectivity index (χ4v) is 2.29. The summed E-state index contributed by atoms with van der Waals surface area (Å²) < 4.78 is 12.8. The third-order valence-electron chi connectivity index (χ3n) is 3.19. The predicted octanol–water partition coefficient (Wildman–Crippen LogP) is 0.792. The van der Waals surface area contributed by atoms with Crippen molar-refractivity contribution in [2.75, 3.05) is 13.3 Å². The number of benzene rings is 1. The van der Waals surface area contributed by atoms with Crippen LogP contribution in [0.2, 0.25) is 0 Å². The average Bonchev–Trinajstić information content (AvgIpc) is 3.04. The Kier molecular flexibility index (Phi) is 2.04. The number of rotatable bonds is 1. The van der Waals surface area contributed by atoms with Crippen LogP contribution >= 0.6 is 0 Å². The van der Waals surface area contributed by atoms with E-state index in [0.29, 0.717) is 6.54 Å². The van der Waals surface area contributed by atoms with Crippen molar-refractivity contribution in [3.63, 3.8) is 0 Å². The molecular formula is C12H11N4O2. The zero-order chi connectivity index (χ0) is 11.9. The van der Waals surface area contributed by atoms with E-state index in [1.54, 1.807) is 0 Å². The molecule has 2 aromatic rings. The van der Waals surface area contributed by atoms with E-state index in [1.807, 2.05) is 18.2 Å². The van der Waals surface area contributed by atoms with E-state index in [-0.39, 0.29) is 6.79 Å². The topological polar surface area (TPSA) is 63.3 Å². The smallest absolute Gasteiger partial charge is 0.231 e. The van der Waals surface area contributed by atoms with E-state index in [4.69, 9.17) is 9.47 Å². The van der Waals surface area contributed by atoms with Crippen LogP contribution in [0.4, 0.5) is 0 Å². The third kappa shape index (κ3) is 1.39. The molecule has 0 N–H and O–H groups in total. The second-order valence-corrected chi connectivity index (χ2v) is 4.26. The van der Waals surface area contributed by atoms with Crippen LogP contribution in [0, 0.1) is 0 Å². The molecule has 0 saturated heterocycles. The Morgan fingerprint density at radius 3 is 3.06 bits per heavy atom. The molecule has 3 heterocycles. The van der Waals surface area contributed by atoms with Gasteiger partial charge in [-0.15, -0.1) is 10.2 Å². The number of hydrogen-bond acceptors (Lipinski definition) is 4. The minimum absolute atomic E-state index is 0.287. The standard InChI is InChI=1S/C12H11N4O2/c1-2-9-10(18-7-17-9)5-8(1)12-15-14-11-6-13-3-4-16(11)12/h1-2,5H,3-4,6-7H2. The van der Waals surface area contributed by atoms with Crippen molar-refractivity contribution in [2.45, 2.75) is 13.1 Å². The fourth-order valence-electron chi connectivity index (χ4n) is 2.29. The van der Waals surface area contributed by atoms with Gasteiger partial charge in [0.05, 0.1) is 6.54 Å². The molecule has 0 atom stereocenters. The maximum Gasteiger partial charge on any atom is 0.231 e. The molecule has 91 valence electrons. The Morgan fingerprint density at radius 2 is 2.06 bits per heavy atom. The summed E-state index contributed by atoms with van der Waals surface area (Å²) in [5, 5.41) is 12.7. The van der Waals surface area contributed by atoms with Gasteiger partial charge in [-0.25, -0.2) is 5.32 Å². The molecule has 6 nitrogen and oxygen atoms in total. The molecule has 0 fully saturated rings. The molecule has 1 aromatic heterocycles. The summed E-state index contributed by atoms with van der Waals surface area (Å²) in [5.74, 6) is 3.35. The number of ether oxygens (including phenoxy) is 2. The normalized spacial score (nSPS) is 16.7. The van der Waals surface area contributed by atoms with Crippen molar-refractivity contribution in [3.05, 3.63) is 24.0 Å². The Balaban J connectivity index is 1.81. The molecule has 0 aliphatic carbocycles. The van der Waals surface area contributed by atoms with Crippen LogP contribution in [0.15, 0.2) is 18.2 Å². The fraction of sp³-hybridized carbons (Fsp3) is 0.333. The van der Waals surface area contributed by atoms with Crippen LogP contribution in [0.5, 0.6) is 11.5 Å². The van der Waals surface area contributed by atoms with E-state index < -0.39 is 0 Å². The molecule has 4 rings (SSSR count). The van der Waals surface area contributed by atoms with Crippen LogP contribution in [0.1, 0.15) is 5.82 Å². The van der Waals surface area contributed by atoms with Gasteiger partial charge in [0.25, 0.3) is 0 Å². The molecule has 2 aliphatic heterocycles. The Labute approximate surface area is 104 Å². The molecular weight excluding hydrogens is 232 g/mol. The van der Waals surface area contributed by atoms with E-state index in [1.165, 1.54) is 0 Å². The average molecular weight is 243 g/mol. The summed E-state index contributed by atoms with van der Waals surface area (Å²) >= 11 is 0. The van der Waals surface area contributed by atoms with Crippen molar-refractivity contribution in [1.82, 2.24) is 20.1 Å². The lowest BCUT2D eigenvalue weighted by Gasteiger charge is -2.14. The molecule has 1 radical (unpaired) electrons. The summed E-state index contributed by atoms with van der Waals surface area (Å²) in [4.78, 5) is 0. The van der Waals surface area contributed by atoms with Crippen molar-refractivity contribution in [3.8, 4) is 22.9 Å². The van der Waals surface area contributed by atoms with Gasteiger partial charge in [0.15, 0.2) is 17.3 Å². The van der Waals surface area contributed by atoms with E-state index >= 15 is 0 Å². The molecule has 0 unspecified atom stereocenters. The minimum Gasteiger partial charge on any atom is -0.454 e. The number of aromatic nitrogens is 3. The maximum absolute atomic E-state index is 5.38. The number of hydrogen-bond donors (Lipinski definition) is 0. The van der Waals surface area contributed by atoms with Gasteiger partial charge in [-0.3, -0.25) is 0 Å². The highest BCUT2D eigenvalue weighted by atomic mass is 16.7. The van der Waals surface area contributed by atoms with E-state index in [2.05, 4.69) is 20.1 Å². The SMILES string of the molecule is c1cc2c(cc1-c1nnc3n1CC[N]C3)OCO2. The first-order chi connectivity index (χ1) is 8.92. The summed E-state index contributed by atoms with van der Waals surface area (Å²) in [5.41, 5.74) is 1.000. The van der Waals surface area contributed by atoms with Gasteiger partial charge in [0.1, 0.15) is 5.82 Å². The summed E-state index contributed by atoms with van der Waals surface area (Å²) in [6.45, 7) is 2.60. The van der Waals surface area contributed by atoms with Crippen LogP contribution < -0.4 is 14.8 Å². The summed E-state index contributed by atoms with van der Waals surface area (Å²) in [6.07, 6.45) is 0. The number of fused-ring (bicyclic) bond motifs is 2. The Bertz CT molecular complexity index is 608. The lowest BCUT2D eigenvalue weighted by atomic mass is 10.2. The molecule has 0 saturated carbocycles. The highest BCUT2D eigenvalue weighted by molar-refractivity contribution is 5.62. The first-order valence-electron chi connectivity index (χ1n) is 5.87. The lowest BCUT2D eigenvalue weighted by molar-refractivity contribution is 0.174. The van der Waals surface area contributed by atoms with Gasteiger partial charge < -0.3 is 14.0 Å². The molecule has 0 spiro atoms. The van der Waals surface area contributed by atoms with Gasteiger partial charge in [-0.2, -0.15) is 0 Å². The van der Waals surface area contributed by atoms with Crippen LogP contribution in [0.25, 0.3) is 11.4 Å². The Morgan fingerprint density at radius 1 is 1.11 bits per heavy atom. The zero-order valence-corrected chi connectivity index (χ0v) is 9.67. The van der Waals surface area contributed by atoms with Crippen LogP contribution in [-0.2, 0) is 13.1 Å². The predicted molar refractivity (Wildman–Crippen MR) is 62.3 cm³/mol. The van der Waals surface area contributed by atoms with Gasteiger partial charge >= 0.3 is 0 Å². The van der Waals surface area contributed by atoms with E-state index in [9.17, 15) is 0 Å². The molecule has 18 heavy (non-hydrogen) atoms. The molecule has 2 aliphatic rings. The van der Waals surface area contributed by atoms with Crippen LogP contribution in [0.3, 0.4) is 0 Å². The molecule has 6 heteroatoms. The molecule has 0 amide bonds. The highest BCUT2D eigenvalue weighted by Crippen LogP contribution is 2.35. The van der Waals surface area contributed by atoms with Gasteiger partial charge in [0, 0.05) is 18.7 Å². The quantitative estimate of drug-likeness (QED) is 0.743. The first-order valence-corrected chi connectivity index (χ1v) is 5.87. The monoisotopic (exact) mass is 243 g/mol. The number of nitrogens with zero attached hydrogens (tertiary/aromatic N) is 4. The molecule has 0 bridgehead atoms. The summed E-state index contributed by atoms with van der Waals surface area (Å²) in [6, 6.07) is 5.84. The maximum atomic E-state index is 5.38. The third-order valence-corrected chi connectivity index (χ3v) is 3.19.